The van der Waals surface area contributed by atoms with E-state index in [1.54, 1.807) is 27.0 Å². The lowest BCUT2D eigenvalue weighted by atomic mass is 10.0. The largest absolute Gasteiger partial charge is 0.467 e. The molecular weight excluding hydrogens is 410 g/mol. The molecule has 2 heterocycles. The van der Waals surface area contributed by atoms with Crippen LogP contribution in [0, 0.1) is 0 Å². The minimum Gasteiger partial charge on any atom is -0.467 e. The van der Waals surface area contributed by atoms with E-state index in [2.05, 4.69) is 10.3 Å². The van der Waals surface area contributed by atoms with Crippen LogP contribution >= 0.6 is 0 Å². The Hall–Kier alpha value is -3.81. The number of carbonyl (C=O) groups excluding carboxylic acids is 2. The number of aromatic nitrogens is 2. The number of carbonyl (C=O) groups is 2. The maximum atomic E-state index is 12.4. The van der Waals surface area contributed by atoms with Crippen molar-refractivity contribution in [2.75, 3.05) is 7.11 Å². The summed E-state index contributed by atoms with van der Waals surface area (Å²) in [7, 11) is 1.28. The molecule has 0 aliphatic carbocycles. The molecule has 0 spiro atoms. The number of H-pyrrole nitrogens is 1. The van der Waals surface area contributed by atoms with E-state index in [1.807, 2.05) is 42.5 Å². The summed E-state index contributed by atoms with van der Waals surface area (Å²) in [6, 6.07) is 12.5. The van der Waals surface area contributed by atoms with Crippen LogP contribution in [0.25, 0.3) is 33.5 Å². The average molecular weight is 435 g/mol. The van der Waals surface area contributed by atoms with Gasteiger partial charge in [0, 0.05) is 29.1 Å². The highest BCUT2D eigenvalue weighted by molar-refractivity contribution is 6.05. The lowest BCUT2D eigenvalue weighted by Gasteiger charge is -2.22. The van der Waals surface area contributed by atoms with Gasteiger partial charge < -0.3 is 24.2 Å². The van der Waals surface area contributed by atoms with Crippen LogP contribution in [0.3, 0.4) is 0 Å². The molecule has 1 amide bonds. The van der Waals surface area contributed by atoms with Gasteiger partial charge in [-0.2, -0.15) is 0 Å². The average Bonchev–Trinajstić information content (AvgIpc) is 3.36. The highest BCUT2D eigenvalue weighted by atomic mass is 16.6. The Bertz CT molecular complexity index is 1270. The summed E-state index contributed by atoms with van der Waals surface area (Å²) in [4.78, 5) is 32.6. The van der Waals surface area contributed by atoms with Crippen LogP contribution in [0.2, 0.25) is 0 Å². The third-order valence-electron chi connectivity index (χ3n) is 4.91. The first-order valence-corrected chi connectivity index (χ1v) is 10.3. The van der Waals surface area contributed by atoms with E-state index in [1.165, 1.54) is 7.11 Å². The number of oxazole rings is 1. The van der Waals surface area contributed by atoms with Crippen molar-refractivity contribution in [3.05, 3.63) is 54.2 Å². The SMILES string of the molecule is COC(=O)[C@H](Cc1c[nH]c2ccc3oc(-c4ccccc4)nc3c12)NC(=O)OC(C)(C)C. The van der Waals surface area contributed by atoms with Gasteiger partial charge >= 0.3 is 12.1 Å². The zero-order chi connectivity index (χ0) is 22.9. The van der Waals surface area contributed by atoms with Gasteiger partial charge in [0.15, 0.2) is 5.58 Å². The molecule has 2 N–H and O–H groups in total. The van der Waals surface area contributed by atoms with Gasteiger partial charge in [-0.25, -0.2) is 14.6 Å². The van der Waals surface area contributed by atoms with E-state index in [-0.39, 0.29) is 6.42 Å². The molecule has 4 aromatic rings. The van der Waals surface area contributed by atoms with E-state index < -0.39 is 23.7 Å². The molecule has 2 aromatic heterocycles. The van der Waals surface area contributed by atoms with E-state index in [0.29, 0.717) is 17.0 Å². The van der Waals surface area contributed by atoms with Gasteiger partial charge in [-0.15, -0.1) is 0 Å². The second-order valence-corrected chi connectivity index (χ2v) is 8.46. The van der Waals surface area contributed by atoms with Crippen LogP contribution in [0.5, 0.6) is 0 Å². The van der Waals surface area contributed by atoms with Crippen molar-refractivity contribution in [2.45, 2.75) is 38.8 Å². The minimum absolute atomic E-state index is 0.193. The lowest BCUT2D eigenvalue weighted by Crippen LogP contribution is -2.45. The molecule has 32 heavy (non-hydrogen) atoms. The van der Waals surface area contributed by atoms with Crippen molar-refractivity contribution >= 4 is 34.1 Å². The molecule has 0 aliphatic rings. The summed E-state index contributed by atoms with van der Waals surface area (Å²) in [5, 5.41) is 3.44. The van der Waals surface area contributed by atoms with E-state index in [0.717, 1.165) is 22.0 Å². The zero-order valence-electron chi connectivity index (χ0n) is 18.4. The summed E-state index contributed by atoms with van der Waals surface area (Å²) in [6.45, 7) is 5.26. The second-order valence-electron chi connectivity index (χ2n) is 8.46. The smallest absolute Gasteiger partial charge is 0.408 e. The molecule has 0 fully saturated rings. The van der Waals surface area contributed by atoms with Gasteiger partial charge in [-0.1, -0.05) is 18.2 Å². The summed E-state index contributed by atoms with van der Waals surface area (Å²) < 4.78 is 16.2. The van der Waals surface area contributed by atoms with Gasteiger partial charge in [0.1, 0.15) is 17.2 Å². The monoisotopic (exact) mass is 435 g/mol. The van der Waals surface area contributed by atoms with Crippen molar-refractivity contribution < 1.29 is 23.5 Å². The Morgan fingerprint density at radius 2 is 1.91 bits per heavy atom. The molecule has 4 rings (SSSR count). The molecule has 1 atom stereocenters. The normalized spacial score (nSPS) is 12.6. The highest BCUT2D eigenvalue weighted by Crippen LogP contribution is 2.32. The summed E-state index contributed by atoms with van der Waals surface area (Å²) >= 11 is 0. The standard InChI is InChI=1S/C24H25N3O5/c1-24(2,3)32-23(29)26-17(22(28)30-4)12-15-13-25-16-10-11-18-20(19(15)16)27-21(31-18)14-8-6-5-7-9-14/h5-11,13,17,25H,12H2,1-4H3,(H,26,29)/t17-/m0/s1. The van der Waals surface area contributed by atoms with Crippen molar-refractivity contribution in [3.63, 3.8) is 0 Å². The number of nitrogens with one attached hydrogen (secondary N) is 2. The summed E-state index contributed by atoms with van der Waals surface area (Å²) in [6.07, 6.45) is 1.30. The number of fused-ring (bicyclic) bond motifs is 3. The Balaban J connectivity index is 1.70. The van der Waals surface area contributed by atoms with Gasteiger partial charge in [0.25, 0.3) is 0 Å². The first-order chi connectivity index (χ1) is 15.2. The number of benzene rings is 2. The van der Waals surface area contributed by atoms with Gasteiger partial charge in [0.2, 0.25) is 5.89 Å². The number of methoxy groups -OCH3 is 1. The van der Waals surface area contributed by atoms with Crippen LogP contribution in [-0.2, 0) is 20.7 Å². The van der Waals surface area contributed by atoms with Crippen molar-refractivity contribution in [1.29, 1.82) is 0 Å². The van der Waals surface area contributed by atoms with Crippen molar-refractivity contribution in [2.24, 2.45) is 0 Å². The second kappa shape index (κ2) is 8.37. The number of alkyl carbamates (subject to hydrolysis) is 1. The van der Waals surface area contributed by atoms with E-state index >= 15 is 0 Å². The van der Waals surface area contributed by atoms with E-state index in [9.17, 15) is 9.59 Å². The zero-order valence-corrected chi connectivity index (χ0v) is 18.4. The fraction of sp³-hybridized carbons (Fsp3) is 0.292. The number of aromatic amines is 1. The number of hydrogen-bond acceptors (Lipinski definition) is 6. The number of nitrogens with zero attached hydrogens (tertiary/aromatic N) is 1. The maximum Gasteiger partial charge on any atom is 0.408 e. The van der Waals surface area contributed by atoms with Gasteiger partial charge in [-0.05, 0) is 50.6 Å². The lowest BCUT2D eigenvalue weighted by molar-refractivity contribution is -0.143. The third kappa shape index (κ3) is 4.44. The van der Waals surface area contributed by atoms with Crippen LogP contribution < -0.4 is 5.32 Å². The van der Waals surface area contributed by atoms with Gasteiger partial charge in [-0.3, -0.25) is 0 Å². The Morgan fingerprint density at radius 3 is 2.59 bits per heavy atom. The molecule has 0 saturated carbocycles. The predicted octanol–water partition coefficient (Wildman–Crippen LogP) is 4.58. The van der Waals surface area contributed by atoms with Crippen molar-refractivity contribution in [3.8, 4) is 11.5 Å². The van der Waals surface area contributed by atoms with Crippen molar-refractivity contribution in [1.82, 2.24) is 15.3 Å². The van der Waals surface area contributed by atoms with Crippen LogP contribution in [0.4, 0.5) is 4.79 Å². The van der Waals surface area contributed by atoms with Crippen LogP contribution in [-0.4, -0.2) is 40.8 Å². The summed E-state index contributed by atoms with van der Waals surface area (Å²) in [5.74, 6) is -0.0563. The quantitative estimate of drug-likeness (QED) is 0.444. The number of amides is 1. The van der Waals surface area contributed by atoms with Crippen LogP contribution in [0.1, 0.15) is 26.3 Å². The fourth-order valence-electron chi connectivity index (χ4n) is 3.55. The molecular formula is C24H25N3O5. The Kier molecular flexibility index (Phi) is 5.61. The molecule has 0 unspecified atom stereocenters. The fourth-order valence-corrected chi connectivity index (χ4v) is 3.55. The minimum atomic E-state index is -0.926. The molecule has 0 radical (unpaired) electrons. The topological polar surface area (TPSA) is 106 Å². The van der Waals surface area contributed by atoms with Crippen LogP contribution in [0.15, 0.2) is 53.1 Å². The van der Waals surface area contributed by atoms with E-state index in [4.69, 9.17) is 18.9 Å². The summed E-state index contributed by atoms with van der Waals surface area (Å²) in [5.41, 5.74) is 3.14. The maximum absolute atomic E-state index is 12.4. The Morgan fingerprint density at radius 1 is 1.16 bits per heavy atom. The molecule has 0 saturated heterocycles. The first kappa shape index (κ1) is 21.4. The number of hydrogen-bond donors (Lipinski definition) is 2. The van der Waals surface area contributed by atoms with Gasteiger partial charge in [0.05, 0.1) is 7.11 Å². The number of rotatable bonds is 5. The molecule has 0 aliphatic heterocycles. The number of ether oxygens (including phenoxy) is 2. The predicted molar refractivity (Wildman–Crippen MR) is 120 cm³/mol. The molecule has 8 nitrogen and oxygen atoms in total. The third-order valence-corrected chi connectivity index (χ3v) is 4.91. The molecule has 8 heteroatoms. The molecule has 166 valence electrons. The molecule has 2 aromatic carbocycles. The first-order valence-electron chi connectivity index (χ1n) is 10.3. The molecule has 0 bridgehead atoms. The highest BCUT2D eigenvalue weighted by Gasteiger charge is 2.27. The Labute approximate surface area is 184 Å². The number of esters is 1.